The largest absolute Gasteiger partial charge is 0.445 e. The molecule has 9 nitrogen and oxygen atoms in total. The Kier molecular flexibility index (Phi) is 9.77. The number of aromatic nitrogens is 1. The molecule has 10 heteroatoms. The minimum absolute atomic E-state index is 0.0518. The van der Waals surface area contributed by atoms with E-state index in [9.17, 15) is 19.5 Å². The number of likely N-dealkylation sites (tertiary alicyclic amines) is 1. The Balaban J connectivity index is 1.34. The highest BCUT2D eigenvalue weighted by Crippen LogP contribution is 2.28. The lowest BCUT2D eigenvalue weighted by atomic mass is 9.85. The van der Waals surface area contributed by atoms with Crippen LogP contribution in [0.5, 0.6) is 0 Å². The summed E-state index contributed by atoms with van der Waals surface area (Å²) in [6.45, 7) is 8.06. The van der Waals surface area contributed by atoms with Gasteiger partial charge in [-0.2, -0.15) is 0 Å². The number of carbonyl (C=O) groups excluding carboxylic acids is 3. The number of carbonyl (C=O) groups is 3. The fourth-order valence-corrected chi connectivity index (χ4v) is 5.70. The summed E-state index contributed by atoms with van der Waals surface area (Å²) in [6, 6.07) is 15.9. The Morgan fingerprint density at radius 2 is 1.80 bits per heavy atom. The second kappa shape index (κ2) is 13.3. The smallest absolute Gasteiger partial charge is 0.408 e. The Morgan fingerprint density at radius 1 is 1.10 bits per heavy atom. The van der Waals surface area contributed by atoms with Crippen molar-refractivity contribution >= 4 is 29.2 Å². The topological polar surface area (TPSA) is 121 Å². The van der Waals surface area contributed by atoms with Crippen LogP contribution in [0.25, 0.3) is 10.4 Å². The Labute approximate surface area is 244 Å². The van der Waals surface area contributed by atoms with Crippen molar-refractivity contribution in [2.24, 2.45) is 5.41 Å². The molecular weight excluding hydrogens is 540 g/mol. The maximum Gasteiger partial charge on any atom is 0.408 e. The van der Waals surface area contributed by atoms with Gasteiger partial charge in [0.05, 0.1) is 22.2 Å². The van der Waals surface area contributed by atoms with E-state index in [1.165, 1.54) is 4.90 Å². The first-order valence-electron chi connectivity index (χ1n) is 13.7. The Bertz CT molecular complexity index is 1340. The van der Waals surface area contributed by atoms with Gasteiger partial charge in [0.2, 0.25) is 11.8 Å². The second-order valence-electron chi connectivity index (χ2n) is 11.5. The van der Waals surface area contributed by atoms with Crippen LogP contribution in [0.2, 0.25) is 0 Å². The fourth-order valence-electron chi connectivity index (χ4n) is 4.89. The van der Waals surface area contributed by atoms with Crippen molar-refractivity contribution in [3.8, 4) is 10.4 Å². The Morgan fingerprint density at radius 3 is 2.44 bits per heavy atom. The molecule has 1 saturated heterocycles. The third-order valence-corrected chi connectivity index (χ3v) is 8.11. The second-order valence-corrected chi connectivity index (χ2v) is 12.3. The number of aliphatic hydroxyl groups is 1. The predicted molar refractivity (Wildman–Crippen MR) is 158 cm³/mol. The van der Waals surface area contributed by atoms with Gasteiger partial charge in [0.25, 0.3) is 0 Å². The highest BCUT2D eigenvalue weighted by molar-refractivity contribution is 7.13. The van der Waals surface area contributed by atoms with Crippen LogP contribution in [-0.4, -0.2) is 57.6 Å². The van der Waals surface area contributed by atoms with Gasteiger partial charge in [0, 0.05) is 25.6 Å². The van der Waals surface area contributed by atoms with Crippen LogP contribution in [-0.2, 0) is 27.5 Å². The third-order valence-electron chi connectivity index (χ3n) is 7.14. The first kappa shape index (κ1) is 30.2. The summed E-state index contributed by atoms with van der Waals surface area (Å²) in [5.74, 6) is -0.565. The lowest BCUT2D eigenvalue weighted by Crippen LogP contribution is -2.56. The zero-order chi connectivity index (χ0) is 29.6. The van der Waals surface area contributed by atoms with Crippen molar-refractivity contribution in [3.05, 3.63) is 76.9 Å². The molecule has 3 aromatic rings. The molecule has 2 aromatic carbocycles. The number of nitrogens with one attached hydrogen (secondary N) is 2. The van der Waals surface area contributed by atoms with E-state index in [-0.39, 0.29) is 37.8 Å². The minimum atomic E-state index is -0.901. The number of aliphatic hydroxyl groups excluding tert-OH is 1. The number of β-amino-alcohol motifs (C(OH)–C–C–N with tert-alkyl or cyclic N) is 1. The van der Waals surface area contributed by atoms with E-state index in [1.54, 1.807) is 11.3 Å². The van der Waals surface area contributed by atoms with E-state index >= 15 is 0 Å². The molecule has 1 aromatic heterocycles. The summed E-state index contributed by atoms with van der Waals surface area (Å²) in [7, 11) is 0. The van der Waals surface area contributed by atoms with Gasteiger partial charge in [0.15, 0.2) is 0 Å². The lowest BCUT2D eigenvalue weighted by Gasteiger charge is -2.35. The van der Waals surface area contributed by atoms with Crippen molar-refractivity contribution in [2.45, 2.75) is 71.9 Å². The molecule has 3 amide bonds. The number of aryl methyl sites for hydroxylation is 1. The first-order valence-corrected chi connectivity index (χ1v) is 14.6. The minimum Gasteiger partial charge on any atom is -0.445 e. The van der Waals surface area contributed by atoms with Crippen LogP contribution in [0, 0.1) is 12.3 Å². The van der Waals surface area contributed by atoms with E-state index in [0.717, 1.165) is 27.3 Å². The van der Waals surface area contributed by atoms with Crippen LogP contribution < -0.4 is 10.6 Å². The van der Waals surface area contributed by atoms with E-state index in [1.807, 2.05) is 87.8 Å². The lowest BCUT2D eigenvalue weighted by molar-refractivity contribution is -0.137. The fraction of sp³-hybridized carbons (Fsp3) is 0.419. The van der Waals surface area contributed by atoms with E-state index in [2.05, 4.69) is 15.6 Å². The van der Waals surface area contributed by atoms with Gasteiger partial charge in [-0.3, -0.25) is 9.59 Å². The number of benzene rings is 2. The van der Waals surface area contributed by atoms with Crippen LogP contribution in [0.1, 0.15) is 50.4 Å². The van der Waals surface area contributed by atoms with Crippen molar-refractivity contribution < 1.29 is 24.2 Å². The zero-order valence-corrected chi connectivity index (χ0v) is 24.7. The normalized spacial score (nSPS) is 17.6. The van der Waals surface area contributed by atoms with Crippen LogP contribution in [0.15, 0.2) is 60.1 Å². The van der Waals surface area contributed by atoms with Crippen molar-refractivity contribution in [3.63, 3.8) is 0 Å². The molecule has 41 heavy (non-hydrogen) atoms. The molecule has 3 atom stereocenters. The highest BCUT2D eigenvalue weighted by atomic mass is 32.1. The van der Waals surface area contributed by atoms with E-state index in [4.69, 9.17) is 4.74 Å². The molecule has 4 rings (SSSR count). The Hall–Kier alpha value is -3.76. The highest BCUT2D eigenvalue weighted by Gasteiger charge is 2.42. The molecule has 0 aliphatic carbocycles. The maximum atomic E-state index is 13.7. The monoisotopic (exact) mass is 578 g/mol. The number of hydrogen-bond donors (Lipinski definition) is 3. The summed E-state index contributed by atoms with van der Waals surface area (Å²) in [6.07, 6.45) is -1.11. The van der Waals surface area contributed by atoms with Gasteiger partial charge in [-0.1, -0.05) is 75.4 Å². The molecular formula is C31H38N4O5S. The van der Waals surface area contributed by atoms with Crippen LogP contribution >= 0.6 is 11.3 Å². The SMILES string of the molecule is Cc1ncsc1-c1ccc(CNC(=O)C[C@@H]2C[C@@H](O)CN2C(=O)[C@@H](NC(=O)OCc2ccccc2)C(C)(C)C)cc1. The van der Waals surface area contributed by atoms with Crippen LogP contribution in [0.3, 0.4) is 0 Å². The first-order chi connectivity index (χ1) is 19.5. The molecule has 218 valence electrons. The number of ether oxygens (including phenoxy) is 1. The quantitative estimate of drug-likeness (QED) is 0.346. The van der Waals surface area contributed by atoms with Gasteiger partial charge in [-0.05, 0) is 35.4 Å². The summed E-state index contributed by atoms with van der Waals surface area (Å²) < 4.78 is 5.35. The number of alkyl carbamates (subject to hydrolysis) is 1. The molecule has 1 aliphatic heterocycles. The molecule has 1 fully saturated rings. The number of nitrogens with zero attached hydrogens (tertiary/aromatic N) is 2. The van der Waals surface area contributed by atoms with Crippen molar-refractivity contribution in [2.75, 3.05) is 6.54 Å². The van der Waals surface area contributed by atoms with Crippen molar-refractivity contribution in [1.29, 1.82) is 0 Å². The molecule has 0 unspecified atom stereocenters. The standard InChI is InChI=1S/C31H38N4O5S/c1-20-27(41-19-33-20)23-12-10-21(11-13-23)16-32-26(37)15-24-14-25(36)17-35(24)29(38)28(31(2,3)4)34-30(39)40-18-22-8-6-5-7-9-22/h5-13,19,24-25,28,36H,14-18H2,1-4H3,(H,32,37)(H,34,39)/t24-,25+,28+/m0/s1. The summed E-state index contributed by atoms with van der Waals surface area (Å²) in [4.78, 5) is 46.1. The molecule has 0 bridgehead atoms. The van der Waals surface area contributed by atoms with Crippen molar-refractivity contribution in [1.82, 2.24) is 20.5 Å². The number of rotatable bonds is 9. The van der Waals surface area contributed by atoms with Gasteiger partial charge in [-0.25, -0.2) is 9.78 Å². The van der Waals surface area contributed by atoms with Gasteiger partial charge < -0.3 is 25.4 Å². The number of amides is 3. The molecule has 0 saturated carbocycles. The summed E-state index contributed by atoms with van der Waals surface area (Å²) in [5, 5.41) is 16.1. The maximum absolute atomic E-state index is 13.7. The average Bonchev–Trinajstić information content (AvgIpc) is 3.53. The van der Waals surface area contributed by atoms with Gasteiger partial charge in [0.1, 0.15) is 12.6 Å². The molecule has 2 heterocycles. The average molecular weight is 579 g/mol. The summed E-state index contributed by atoms with van der Waals surface area (Å²) in [5.41, 5.74) is 5.05. The van der Waals surface area contributed by atoms with E-state index in [0.29, 0.717) is 6.54 Å². The van der Waals surface area contributed by atoms with Gasteiger partial charge in [-0.15, -0.1) is 11.3 Å². The van der Waals surface area contributed by atoms with Gasteiger partial charge >= 0.3 is 6.09 Å². The molecule has 0 radical (unpaired) electrons. The zero-order valence-electron chi connectivity index (χ0n) is 23.9. The molecule has 1 aliphatic rings. The molecule has 0 spiro atoms. The predicted octanol–water partition coefficient (Wildman–Crippen LogP) is 4.43. The van der Waals surface area contributed by atoms with E-state index < -0.39 is 29.7 Å². The summed E-state index contributed by atoms with van der Waals surface area (Å²) >= 11 is 1.59. The number of hydrogen-bond acceptors (Lipinski definition) is 7. The van der Waals surface area contributed by atoms with Crippen LogP contribution in [0.4, 0.5) is 4.79 Å². The molecule has 3 N–H and O–H groups in total. The third kappa shape index (κ3) is 8.14. The number of thiazole rings is 1.